The van der Waals surface area contributed by atoms with Gasteiger partial charge in [0, 0.05) is 0 Å². The lowest BCUT2D eigenvalue weighted by Crippen LogP contribution is -2.48. The van der Waals surface area contributed by atoms with Crippen LogP contribution in [0.25, 0.3) is 0 Å². The zero-order valence-electron chi connectivity index (χ0n) is 14.9. The zero-order valence-corrected chi connectivity index (χ0v) is 14.9. The summed E-state index contributed by atoms with van der Waals surface area (Å²) in [6.45, 7) is 9.83. The Labute approximate surface area is 136 Å². The van der Waals surface area contributed by atoms with Crippen LogP contribution in [0.1, 0.15) is 72.6 Å². The van der Waals surface area contributed by atoms with E-state index >= 15 is 0 Å². The van der Waals surface area contributed by atoms with E-state index in [0.29, 0.717) is 10.8 Å². The van der Waals surface area contributed by atoms with Gasteiger partial charge < -0.3 is 0 Å². The molecule has 0 amide bonds. The fourth-order valence-corrected chi connectivity index (χ4v) is 6.95. The Morgan fingerprint density at radius 1 is 1.09 bits per heavy atom. The second kappa shape index (κ2) is 4.86. The summed E-state index contributed by atoms with van der Waals surface area (Å²) in [7, 11) is 0. The van der Waals surface area contributed by atoms with Crippen molar-refractivity contribution in [2.24, 2.45) is 28.6 Å². The van der Waals surface area contributed by atoms with Crippen molar-refractivity contribution in [3.05, 3.63) is 34.9 Å². The van der Waals surface area contributed by atoms with Crippen molar-refractivity contribution in [1.29, 1.82) is 0 Å². The van der Waals surface area contributed by atoms with Crippen LogP contribution in [0.4, 0.5) is 0 Å². The normalized spacial score (nSPS) is 49.1. The molecule has 0 radical (unpaired) electrons. The average molecular weight is 296 g/mol. The molecule has 22 heavy (non-hydrogen) atoms. The molecule has 0 heterocycles. The van der Waals surface area contributed by atoms with E-state index in [1.54, 1.807) is 16.7 Å². The van der Waals surface area contributed by atoms with E-state index in [4.69, 9.17) is 0 Å². The van der Waals surface area contributed by atoms with E-state index in [1.807, 2.05) is 0 Å². The smallest absolute Gasteiger partial charge is 0.00418 e. The van der Waals surface area contributed by atoms with Crippen LogP contribution in [0, 0.1) is 28.6 Å². The molecule has 0 aromatic carbocycles. The molecule has 0 saturated heterocycles. The fourth-order valence-electron chi connectivity index (χ4n) is 6.95. The molecule has 2 saturated carbocycles. The van der Waals surface area contributed by atoms with Gasteiger partial charge >= 0.3 is 0 Å². The Morgan fingerprint density at radius 2 is 1.86 bits per heavy atom. The number of hydrogen-bond acceptors (Lipinski definition) is 0. The van der Waals surface area contributed by atoms with E-state index < -0.39 is 0 Å². The summed E-state index contributed by atoms with van der Waals surface area (Å²) in [5.41, 5.74) is 6.06. The predicted octanol–water partition coefficient (Wildman–Crippen LogP) is 6.45. The molecule has 0 N–H and O–H groups in total. The molecule has 0 aromatic rings. The van der Waals surface area contributed by atoms with Gasteiger partial charge in [-0.05, 0) is 93.0 Å². The van der Waals surface area contributed by atoms with Crippen LogP contribution in [0.15, 0.2) is 34.9 Å². The van der Waals surface area contributed by atoms with Gasteiger partial charge in [0.2, 0.25) is 0 Å². The highest BCUT2D eigenvalue weighted by Gasteiger charge is 2.56. The van der Waals surface area contributed by atoms with Crippen molar-refractivity contribution in [1.82, 2.24) is 0 Å². The van der Waals surface area contributed by atoms with Crippen molar-refractivity contribution in [3.63, 3.8) is 0 Å². The third-order valence-electron chi connectivity index (χ3n) is 8.08. The Kier molecular flexibility index (Phi) is 3.26. The van der Waals surface area contributed by atoms with Crippen LogP contribution in [-0.2, 0) is 0 Å². The van der Waals surface area contributed by atoms with Gasteiger partial charge in [-0.1, -0.05) is 43.2 Å². The Bertz CT molecular complexity index is 575. The second-order valence-corrected chi connectivity index (χ2v) is 8.88. The van der Waals surface area contributed by atoms with E-state index in [1.165, 1.54) is 44.9 Å². The summed E-state index contributed by atoms with van der Waals surface area (Å²) in [5, 5.41) is 0. The van der Waals surface area contributed by atoms with Crippen LogP contribution in [0.2, 0.25) is 0 Å². The van der Waals surface area contributed by atoms with Crippen LogP contribution >= 0.6 is 0 Å². The fraction of sp³-hybridized carbons (Fsp3) is 0.727. The number of rotatable bonds is 0. The zero-order chi connectivity index (χ0) is 15.5. The third-order valence-corrected chi connectivity index (χ3v) is 8.08. The molecule has 4 rings (SSSR count). The van der Waals surface area contributed by atoms with Crippen molar-refractivity contribution in [2.45, 2.75) is 72.6 Å². The predicted molar refractivity (Wildman–Crippen MR) is 94.6 cm³/mol. The standard InChI is InChI=1S/C22H32/c1-5-16-9-10-19-17-14-15(2)18-8-6-7-12-22(18,4)20(17)11-13-21(16,19)3/h5,8,14,17,19-20H,6-7,9-13H2,1-4H3/t17-,19-,20-,21+,22-/m0/s1. The number of hydrogen-bond donors (Lipinski definition) is 0. The van der Waals surface area contributed by atoms with Crippen molar-refractivity contribution in [3.8, 4) is 0 Å². The molecule has 0 aliphatic heterocycles. The third kappa shape index (κ3) is 1.76. The first kappa shape index (κ1) is 14.8. The largest absolute Gasteiger partial charge is 0.0879 e. The van der Waals surface area contributed by atoms with Gasteiger partial charge in [-0.25, -0.2) is 0 Å². The van der Waals surface area contributed by atoms with Gasteiger partial charge in [0.05, 0.1) is 0 Å². The topological polar surface area (TPSA) is 0 Å². The molecule has 0 nitrogen and oxygen atoms in total. The molecule has 5 atom stereocenters. The van der Waals surface area contributed by atoms with E-state index in [9.17, 15) is 0 Å². The van der Waals surface area contributed by atoms with Gasteiger partial charge in [-0.15, -0.1) is 0 Å². The summed E-state index contributed by atoms with van der Waals surface area (Å²) in [5.74, 6) is 2.63. The highest BCUT2D eigenvalue weighted by Crippen LogP contribution is 2.65. The second-order valence-electron chi connectivity index (χ2n) is 8.88. The Morgan fingerprint density at radius 3 is 2.64 bits per heavy atom. The first-order chi connectivity index (χ1) is 10.5. The van der Waals surface area contributed by atoms with Gasteiger partial charge in [-0.3, -0.25) is 0 Å². The average Bonchev–Trinajstić information content (AvgIpc) is 2.84. The maximum Gasteiger partial charge on any atom is -0.00418 e. The monoisotopic (exact) mass is 296 g/mol. The SMILES string of the molecule is CC=C1CC[C@H]2[C@@H]3C=C(C)C4=CCCC[C@]4(C)[C@H]3CC[C@]12C. The lowest BCUT2D eigenvalue weighted by atomic mass is 9.48. The molecule has 120 valence electrons. The van der Waals surface area contributed by atoms with Crippen LogP contribution in [0.5, 0.6) is 0 Å². The number of allylic oxidation sites excluding steroid dienone is 6. The molecular formula is C22H32. The number of fused-ring (bicyclic) bond motifs is 5. The first-order valence-electron chi connectivity index (χ1n) is 9.56. The molecule has 0 heteroatoms. The summed E-state index contributed by atoms with van der Waals surface area (Å²) in [4.78, 5) is 0. The summed E-state index contributed by atoms with van der Waals surface area (Å²) in [6, 6.07) is 0. The van der Waals surface area contributed by atoms with Crippen LogP contribution in [0.3, 0.4) is 0 Å². The Hall–Kier alpha value is -0.780. The quantitative estimate of drug-likeness (QED) is 0.450. The molecular weight excluding hydrogens is 264 g/mol. The minimum Gasteiger partial charge on any atom is -0.0879 e. The van der Waals surface area contributed by atoms with E-state index in [2.05, 4.69) is 45.9 Å². The minimum atomic E-state index is 0.474. The lowest BCUT2D eigenvalue weighted by Gasteiger charge is -2.56. The molecule has 0 bridgehead atoms. The van der Waals surface area contributed by atoms with E-state index in [0.717, 1.165) is 17.8 Å². The maximum atomic E-state index is 2.70. The van der Waals surface area contributed by atoms with E-state index in [-0.39, 0.29) is 0 Å². The summed E-state index contributed by atoms with van der Waals surface area (Å²) >= 11 is 0. The minimum absolute atomic E-state index is 0.474. The maximum absolute atomic E-state index is 2.70. The summed E-state index contributed by atoms with van der Waals surface area (Å²) < 4.78 is 0. The first-order valence-corrected chi connectivity index (χ1v) is 9.56. The van der Waals surface area contributed by atoms with Crippen molar-refractivity contribution in [2.75, 3.05) is 0 Å². The van der Waals surface area contributed by atoms with Crippen LogP contribution in [-0.4, -0.2) is 0 Å². The van der Waals surface area contributed by atoms with Crippen LogP contribution < -0.4 is 0 Å². The highest BCUT2D eigenvalue weighted by molar-refractivity contribution is 5.42. The molecule has 2 fully saturated rings. The lowest BCUT2D eigenvalue weighted by molar-refractivity contribution is 0.0167. The summed E-state index contributed by atoms with van der Waals surface area (Å²) in [6.07, 6.45) is 17.5. The van der Waals surface area contributed by atoms with Gasteiger partial charge in [0.1, 0.15) is 0 Å². The van der Waals surface area contributed by atoms with Gasteiger partial charge in [0.15, 0.2) is 0 Å². The molecule has 4 aliphatic carbocycles. The van der Waals surface area contributed by atoms with Crippen molar-refractivity contribution >= 4 is 0 Å². The Balaban J connectivity index is 1.79. The molecule has 4 aliphatic rings. The van der Waals surface area contributed by atoms with Gasteiger partial charge in [-0.2, -0.15) is 0 Å². The van der Waals surface area contributed by atoms with Crippen molar-refractivity contribution < 1.29 is 0 Å². The molecule has 0 unspecified atom stereocenters. The van der Waals surface area contributed by atoms with Gasteiger partial charge in [0.25, 0.3) is 0 Å². The molecule has 0 aromatic heterocycles. The molecule has 0 spiro atoms. The highest BCUT2D eigenvalue weighted by atomic mass is 14.6.